The normalized spacial score (nSPS) is 11.7. The van der Waals surface area contributed by atoms with Crippen molar-refractivity contribution >= 4 is 54.6 Å². The number of nitrogens with zero attached hydrogens (tertiary/aromatic N) is 3. The van der Waals surface area contributed by atoms with Crippen LogP contribution in [0.15, 0.2) is 192 Å². The molecule has 11 rings (SSSR count). The SMILES string of the molecule is c1ccc(-c2nc(-c3ccc(-c4cccc5oc6ccc(-c7ccc8c(c7)c7ccccc7n8-c7ccccc7)cc6c45)cc3)nc3ccccc23)cc1. The van der Waals surface area contributed by atoms with Crippen LogP contribution in [0.5, 0.6) is 0 Å². The minimum absolute atomic E-state index is 0.708. The van der Waals surface area contributed by atoms with Crippen molar-refractivity contribution in [1.82, 2.24) is 14.5 Å². The number of rotatable bonds is 5. The lowest BCUT2D eigenvalue weighted by Crippen LogP contribution is -1.95. The molecule has 0 spiro atoms. The summed E-state index contributed by atoms with van der Waals surface area (Å²) < 4.78 is 8.81. The first kappa shape index (κ1) is 30.3. The zero-order valence-corrected chi connectivity index (χ0v) is 29.1. The largest absolute Gasteiger partial charge is 0.456 e. The first-order chi connectivity index (χ1) is 26.8. The predicted molar refractivity (Wildman–Crippen MR) is 223 cm³/mol. The van der Waals surface area contributed by atoms with Gasteiger partial charge in [-0.3, -0.25) is 0 Å². The number of fused-ring (bicyclic) bond motifs is 7. The number of hydrogen-bond acceptors (Lipinski definition) is 3. The van der Waals surface area contributed by atoms with Gasteiger partial charge >= 0.3 is 0 Å². The second-order valence-corrected chi connectivity index (χ2v) is 13.8. The molecule has 11 aromatic rings. The Labute approximate surface area is 311 Å². The van der Waals surface area contributed by atoms with Gasteiger partial charge in [0.1, 0.15) is 11.2 Å². The zero-order valence-electron chi connectivity index (χ0n) is 29.1. The molecule has 54 heavy (non-hydrogen) atoms. The van der Waals surface area contributed by atoms with Gasteiger partial charge in [0.15, 0.2) is 5.82 Å². The van der Waals surface area contributed by atoms with E-state index >= 15 is 0 Å². The van der Waals surface area contributed by atoms with E-state index in [0.717, 1.165) is 72.0 Å². The molecule has 0 aliphatic rings. The summed E-state index contributed by atoms with van der Waals surface area (Å²) in [5, 5.41) is 5.72. The van der Waals surface area contributed by atoms with Crippen LogP contribution in [-0.2, 0) is 0 Å². The van der Waals surface area contributed by atoms with E-state index < -0.39 is 0 Å². The highest BCUT2D eigenvalue weighted by Crippen LogP contribution is 2.40. The summed E-state index contributed by atoms with van der Waals surface area (Å²) >= 11 is 0. The van der Waals surface area contributed by atoms with Gasteiger partial charge in [-0.1, -0.05) is 133 Å². The predicted octanol–water partition coefficient (Wildman–Crippen LogP) is 13.3. The Morgan fingerprint density at radius 3 is 1.87 bits per heavy atom. The monoisotopic (exact) mass is 689 g/mol. The lowest BCUT2D eigenvalue weighted by molar-refractivity contribution is 0.669. The lowest BCUT2D eigenvalue weighted by Gasteiger charge is -2.10. The highest BCUT2D eigenvalue weighted by Gasteiger charge is 2.17. The summed E-state index contributed by atoms with van der Waals surface area (Å²) in [5.41, 5.74) is 13.8. The molecule has 0 amide bonds. The Bertz CT molecular complexity index is 3200. The van der Waals surface area contributed by atoms with E-state index in [9.17, 15) is 0 Å². The molecule has 0 fully saturated rings. The van der Waals surface area contributed by atoms with Crippen molar-refractivity contribution in [2.45, 2.75) is 0 Å². The quantitative estimate of drug-likeness (QED) is 0.181. The molecule has 3 aromatic heterocycles. The maximum absolute atomic E-state index is 6.45. The van der Waals surface area contributed by atoms with Gasteiger partial charge in [0, 0.05) is 43.7 Å². The van der Waals surface area contributed by atoms with E-state index in [-0.39, 0.29) is 0 Å². The van der Waals surface area contributed by atoms with E-state index in [4.69, 9.17) is 14.4 Å². The molecule has 252 valence electrons. The molecular weight excluding hydrogens is 659 g/mol. The fourth-order valence-corrected chi connectivity index (χ4v) is 8.08. The minimum Gasteiger partial charge on any atom is -0.456 e. The maximum Gasteiger partial charge on any atom is 0.160 e. The third-order valence-corrected chi connectivity index (χ3v) is 10.6. The summed E-state index contributed by atoms with van der Waals surface area (Å²) in [4.78, 5) is 10.1. The number of aromatic nitrogens is 3. The lowest BCUT2D eigenvalue weighted by atomic mass is 9.96. The second-order valence-electron chi connectivity index (χ2n) is 13.8. The highest BCUT2D eigenvalue weighted by molar-refractivity contribution is 6.14. The number of benzene rings is 8. The minimum atomic E-state index is 0.708. The molecule has 0 unspecified atom stereocenters. The van der Waals surface area contributed by atoms with E-state index in [1.54, 1.807) is 0 Å². The highest BCUT2D eigenvalue weighted by atomic mass is 16.3. The van der Waals surface area contributed by atoms with Gasteiger partial charge in [-0.2, -0.15) is 0 Å². The Balaban J connectivity index is 1.01. The number of para-hydroxylation sites is 3. The molecule has 0 saturated carbocycles. The van der Waals surface area contributed by atoms with Crippen molar-refractivity contribution in [3.8, 4) is 50.6 Å². The van der Waals surface area contributed by atoms with Crippen LogP contribution in [-0.4, -0.2) is 14.5 Å². The summed E-state index contributed by atoms with van der Waals surface area (Å²) in [6.45, 7) is 0. The van der Waals surface area contributed by atoms with E-state index in [1.165, 1.54) is 27.4 Å². The summed E-state index contributed by atoms with van der Waals surface area (Å²) in [6, 6.07) is 66.1. The molecule has 4 nitrogen and oxygen atoms in total. The van der Waals surface area contributed by atoms with Gasteiger partial charge in [0.05, 0.1) is 22.2 Å². The average Bonchev–Trinajstić information content (AvgIpc) is 3.79. The Morgan fingerprint density at radius 1 is 0.389 bits per heavy atom. The van der Waals surface area contributed by atoms with Crippen LogP contribution < -0.4 is 0 Å². The summed E-state index contributed by atoms with van der Waals surface area (Å²) in [7, 11) is 0. The number of furan rings is 1. The second kappa shape index (κ2) is 12.1. The fourth-order valence-electron chi connectivity index (χ4n) is 8.08. The molecule has 0 aliphatic heterocycles. The topological polar surface area (TPSA) is 43.9 Å². The number of hydrogen-bond donors (Lipinski definition) is 0. The van der Waals surface area contributed by atoms with Gasteiger partial charge in [0.2, 0.25) is 0 Å². The van der Waals surface area contributed by atoms with Crippen LogP contribution in [0.1, 0.15) is 0 Å². The van der Waals surface area contributed by atoms with Crippen molar-refractivity contribution < 1.29 is 4.42 Å². The molecule has 0 bridgehead atoms. The van der Waals surface area contributed by atoms with Crippen molar-refractivity contribution in [3.05, 3.63) is 188 Å². The van der Waals surface area contributed by atoms with Crippen LogP contribution >= 0.6 is 0 Å². The average molecular weight is 690 g/mol. The molecule has 3 heterocycles. The van der Waals surface area contributed by atoms with E-state index in [2.05, 4.69) is 162 Å². The van der Waals surface area contributed by atoms with Gasteiger partial charge in [-0.15, -0.1) is 0 Å². The third-order valence-electron chi connectivity index (χ3n) is 10.6. The van der Waals surface area contributed by atoms with Crippen LogP contribution in [0.4, 0.5) is 0 Å². The van der Waals surface area contributed by atoms with Crippen molar-refractivity contribution in [1.29, 1.82) is 0 Å². The standard InChI is InChI=1S/C50H31N3O/c1-3-12-33(13-4-1)49-40-17-7-9-19-43(40)51-50(52-49)34-24-22-32(23-25-34)38-18-11-21-47-48(38)42-31-36(27-29-46(42)54-47)35-26-28-45-41(30-35)39-16-8-10-20-44(39)53(45)37-14-5-2-6-15-37/h1-31H. The Morgan fingerprint density at radius 2 is 1.04 bits per heavy atom. The molecule has 0 aliphatic carbocycles. The zero-order chi connectivity index (χ0) is 35.6. The third kappa shape index (κ3) is 4.85. The Hall–Kier alpha value is -7.30. The van der Waals surface area contributed by atoms with Crippen molar-refractivity contribution in [3.63, 3.8) is 0 Å². The van der Waals surface area contributed by atoms with Gasteiger partial charge in [-0.25, -0.2) is 9.97 Å². The molecule has 8 aromatic carbocycles. The smallest absolute Gasteiger partial charge is 0.160 e. The van der Waals surface area contributed by atoms with Gasteiger partial charge < -0.3 is 8.98 Å². The van der Waals surface area contributed by atoms with Crippen molar-refractivity contribution in [2.24, 2.45) is 0 Å². The van der Waals surface area contributed by atoms with Gasteiger partial charge in [0.25, 0.3) is 0 Å². The molecule has 4 heteroatoms. The van der Waals surface area contributed by atoms with E-state index in [1.807, 2.05) is 30.3 Å². The van der Waals surface area contributed by atoms with Crippen molar-refractivity contribution in [2.75, 3.05) is 0 Å². The first-order valence-corrected chi connectivity index (χ1v) is 18.2. The Kier molecular flexibility index (Phi) is 6.82. The first-order valence-electron chi connectivity index (χ1n) is 18.2. The molecular formula is C50H31N3O. The molecule has 0 atom stereocenters. The summed E-state index contributed by atoms with van der Waals surface area (Å²) in [6.07, 6.45) is 0. The fraction of sp³-hybridized carbons (Fsp3) is 0. The van der Waals surface area contributed by atoms with Crippen LogP contribution in [0.25, 0.3) is 105 Å². The van der Waals surface area contributed by atoms with E-state index in [0.29, 0.717) is 5.82 Å². The van der Waals surface area contributed by atoms with Crippen LogP contribution in [0.3, 0.4) is 0 Å². The van der Waals surface area contributed by atoms with Crippen LogP contribution in [0.2, 0.25) is 0 Å². The molecule has 0 N–H and O–H groups in total. The molecule has 0 saturated heterocycles. The summed E-state index contributed by atoms with van der Waals surface area (Å²) in [5.74, 6) is 0.708. The maximum atomic E-state index is 6.45. The molecule has 0 radical (unpaired) electrons. The van der Waals surface area contributed by atoms with Gasteiger partial charge in [-0.05, 0) is 76.9 Å². The van der Waals surface area contributed by atoms with Crippen LogP contribution in [0, 0.1) is 0 Å².